The molecule has 0 aliphatic heterocycles. The van der Waals surface area contributed by atoms with Crippen molar-refractivity contribution in [3.8, 4) is 67.4 Å². The summed E-state index contributed by atoms with van der Waals surface area (Å²) in [5.41, 5.74) is 19.1. The molecule has 0 saturated heterocycles. The van der Waals surface area contributed by atoms with Gasteiger partial charge >= 0.3 is 0 Å². The van der Waals surface area contributed by atoms with Crippen molar-refractivity contribution in [1.29, 1.82) is 0 Å². The van der Waals surface area contributed by atoms with Gasteiger partial charge in [-0.1, -0.05) is 176 Å². The molecule has 60 heavy (non-hydrogen) atoms. The highest BCUT2D eigenvalue weighted by Crippen LogP contribution is 2.65. The predicted octanol–water partition coefficient (Wildman–Crippen LogP) is 13.9. The molecule has 3 aromatic heterocycles. The molecular weight excluding hydrogens is 731 g/mol. The van der Waals surface area contributed by atoms with E-state index in [1.165, 1.54) is 49.9 Å². The van der Waals surface area contributed by atoms with Gasteiger partial charge in [0.2, 0.25) is 0 Å². The van der Waals surface area contributed by atoms with Gasteiger partial charge in [0, 0.05) is 44.0 Å². The topological polar surface area (TPSA) is 51.8 Å². The van der Waals surface area contributed by atoms with Gasteiger partial charge in [0.15, 0.2) is 5.82 Å². The number of nitrogens with zero attached hydrogens (tertiary/aromatic N) is 3. The Morgan fingerprint density at radius 2 is 0.950 bits per heavy atom. The Hall–Kier alpha value is -7.95. The van der Waals surface area contributed by atoms with Crippen molar-refractivity contribution in [2.45, 2.75) is 5.41 Å². The first-order valence-corrected chi connectivity index (χ1v) is 20.4. The summed E-state index contributed by atoms with van der Waals surface area (Å²) in [6.45, 7) is 0. The van der Waals surface area contributed by atoms with E-state index in [0.29, 0.717) is 5.82 Å². The third-order valence-corrected chi connectivity index (χ3v) is 12.7. The molecule has 4 heteroatoms. The van der Waals surface area contributed by atoms with Crippen molar-refractivity contribution in [3.05, 3.63) is 222 Å². The molecule has 0 amide bonds. The number of fused-ring (bicyclic) bond motifs is 15. The molecule has 8 aromatic carbocycles. The summed E-state index contributed by atoms with van der Waals surface area (Å²) in [5, 5.41) is 3.29. The van der Waals surface area contributed by atoms with E-state index in [1.54, 1.807) is 0 Å². The third kappa shape index (κ3) is 4.53. The van der Waals surface area contributed by atoms with Crippen LogP contribution in [0.3, 0.4) is 0 Å². The SMILES string of the molecule is c1ccc(-c2cc(-c3cccc4oc5ccccc5c34)nc(-c3ccc(-c4nc5ccccc5c5c4-c4ccccc4C54c5ccccc5-c5ccccc54)cc3)n2)cc1. The molecule has 2 aliphatic rings. The van der Waals surface area contributed by atoms with Crippen LogP contribution in [0.15, 0.2) is 205 Å². The van der Waals surface area contributed by atoms with E-state index in [2.05, 4.69) is 170 Å². The summed E-state index contributed by atoms with van der Waals surface area (Å²) < 4.78 is 6.30. The minimum Gasteiger partial charge on any atom is -0.456 e. The molecule has 1 spiro atoms. The minimum absolute atomic E-state index is 0.484. The van der Waals surface area contributed by atoms with Crippen LogP contribution >= 0.6 is 0 Å². The molecular formula is C56H33N3O. The summed E-state index contributed by atoms with van der Waals surface area (Å²) in [6.07, 6.45) is 0. The first kappa shape index (κ1) is 33.1. The second-order valence-electron chi connectivity index (χ2n) is 15.8. The maximum atomic E-state index is 6.30. The van der Waals surface area contributed by atoms with Crippen LogP contribution in [0.1, 0.15) is 22.3 Å². The van der Waals surface area contributed by atoms with E-state index >= 15 is 0 Å². The van der Waals surface area contributed by atoms with E-state index in [9.17, 15) is 0 Å². The average molecular weight is 764 g/mol. The summed E-state index contributed by atoms with van der Waals surface area (Å²) in [4.78, 5) is 16.0. The highest BCUT2D eigenvalue weighted by Gasteiger charge is 2.53. The molecule has 0 saturated carbocycles. The van der Waals surface area contributed by atoms with E-state index in [-0.39, 0.29) is 0 Å². The van der Waals surface area contributed by atoms with Crippen molar-refractivity contribution < 1.29 is 4.42 Å². The van der Waals surface area contributed by atoms with Gasteiger partial charge < -0.3 is 4.42 Å². The van der Waals surface area contributed by atoms with E-state index in [0.717, 1.165) is 66.8 Å². The fraction of sp³-hybridized carbons (Fsp3) is 0.0179. The average Bonchev–Trinajstić information content (AvgIpc) is 3.96. The van der Waals surface area contributed by atoms with Crippen LogP contribution in [-0.4, -0.2) is 15.0 Å². The lowest BCUT2D eigenvalue weighted by Crippen LogP contribution is -2.26. The summed E-state index contributed by atoms with van der Waals surface area (Å²) in [6, 6.07) is 71.1. The zero-order valence-corrected chi connectivity index (χ0v) is 32.3. The number of hydrogen-bond donors (Lipinski definition) is 0. The van der Waals surface area contributed by atoms with E-state index in [1.807, 2.05) is 30.3 Å². The monoisotopic (exact) mass is 763 g/mol. The van der Waals surface area contributed by atoms with Crippen molar-refractivity contribution in [2.24, 2.45) is 0 Å². The zero-order chi connectivity index (χ0) is 39.4. The highest BCUT2D eigenvalue weighted by atomic mass is 16.3. The number of pyridine rings is 1. The Labute approximate surface area is 346 Å². The Bertz CT molecular complexity index is 3500. The van der Waals surface area contributed by atoms with E-state index in [4.69, 9.17) is 19.4 Å². The van der Waals surface area contributed by atoms with Gasteiger partial charge in [-0.25, -0.2) is 15.0 Å². The first-order chi connectivity index (χ1) is 29.8. The van der Waals surface area contributed by atoms with Crippen LogP contribution < -0.4 is 0 Å². The lowest BCUT2D eigenvalue weighted by atomic mass is 9.69. The molecule has 278 valence electrons. The lowest BCUT2D eigenvalue weighted by molar-refractivity contribution is 0.669. The Kier molecular flexibility index (Phi) is 6.90. The van der Waals surface area contributed by atoms with Crippen molar-refractivity contribution in [2.75, 3.05) is 0 Å². The minimum atomic E-state index is -0.484. The zero-order valence-electron chi connectivity index (χ0n) is 32.3. The maximum Gasteiger partial charge on any atom is 0.160 e. The maximum absolute atomic E-state index is 6.30. The number of furan rings is 1. The molecule has 0 unspecified atom stereocenters. The van der Waals surface area contributed by atoms with Crippen molar-refractivity contribution in [3.63, 3.8) is 0 Å². The molecule has 3 heterocycles. The molecule has 0 N–H and O–H groups in total. The van der Waals surface area contributed by atoms with E-state index < -0.39 is 5.41 Å². The van der Waals surface area contributed by atoms with Crippen LogP contribution in [0.2, 0.25) is 0 Å². The van der Waals surface area contributed by atoms with Gasteiger partial charge in [-0.15, -0.1) is 0 Å². The fourth-order valence-corrected chi connectivity index (χ4v) is 10.3. The van der Waals surface area contributed by atoms with Gasteiger partial charge in [0.25, 0.3) is 0 Å². The largest absolute Gasteiger partial charge is 0.456 e. The second kappa shape index (κ2) is 12.5. The number of para-hydroxylation sites is 2. The number of benzene rings is 8. The highest BCUT2D eigenvalue weighted by molar-refractivity contribution is 6.12. The predicted molar refractivity (Wildman–Crippen MR) is 243 cm³/mol. The van der Waals surface area contributed by atoms with Gasteiger partial charge in [-0.05, 0) is 63.2 Å². The standard InChI is InChI=1S/C56H33N3O/c1-2-15-34(16-3-1)47-33-48(40-22-14-28-50-51(40)42-21-8-13-27-49(42)60-50)59-55(58-47)36-31-29-35(30-32-36)54-52-39-19-6-11-25-45(39)56(53(52)41-20-7-12-26-46(41)57-54)43-23-9-4-17-37(43)38-18-5-10-24-44(38)56/h1-33H. The Morgan fingerprint density at radius 3 is 1.72 bits per heavy atom. The van der Waals surface area contributed by atoms with Crippen molar-refractivity contribution in [1.82, 2.24) is 15.0 Å². The van der Waals surface area contributed by atoms with Crippen LogP contribution in [0, 0.1) is 0 Å². The third-order valence-electron chi connectivity index (χ3n) is 12.7. The van der Waals surface area contributed by atoms with Crippen LogP contribution in [-0.2, 0) is 5.41 Å². The van der Waals surface area contributed by atoms with Crippen LogP contribution in [0.25, 0.3) is 100 Å². The van der Waals surface area contributed by atoms with Crippen LogP contribution in [0.5, 0.6) is 0 Å². The summed E-state index contributed by atoms with van der Waals surface area (Å²) in [7, 11) is 0. The van der Waals surface area contributed by atoms with Crippen LogP contribution in [0.4, 0.5) is 0 Å². The summed E-state index contributed by atoms with van der Waals surface area (Å²) >= 11 is 0. The fourth-order valence-electron chi connectivity index (χ4n) is 10.3. The lowest BCUT2D eigenvalue weighted by Gasteiger charge is -2.31. The first-order valence-electron chi connectivity index (χ1n) is 20.4. The van der Waals surface area contributed by atoms with Gasteiger partial charge in [-0.3, -0.25) is 0 Å². The number of hydrogen-bond acceptors (Lipinski definition) is 4. The molecule has 0 bridgehead atoms. The number of rotatable bonds is 4. The normalized spacial score (nSPS) is 13.1. The molecule has 0 atom stereocenters. The second-order valence-corrected chi connectivity index (χ2v) is 15.8. The molecule has 0 fully saturated rings. The Morgan fingerprint density at radius 1 is 0.383 bits per heavy atom. The number of aromatic nitrogens is 3. The molecule has 13 rings (SSSR count). The molecule has 4 nitrogen and oxygen atoms in total. The van der Waals surface area contributed by atoms with Gasteiger partial charge in [-0.2, -0.15) is 0 Å². The van der Waals surface area contributed by atoms with Crippen molar-refractivity contribution >= 4 is 32.8 Å². The smallest absolute Gasteiger partial charge is 0.160 e. The van der Waals surface area contributed by atoms with Gasteiger partial charge in [0.05, 0.1) is 28.0 Å². The summed E-state index contributed by atoms with van der Waals surface area (Å²) in [5.74, 6) is 0.655. The van der Waals surface area contributed by atoms with Gasteiger partial charge in [0.1, 0.15) is 11.2 Å². The Balaban J connectivity index is 1.02. The quantitative estimate of drug-likeness (QED) is 0.179. The molecule has 0 radical (unpaired) electrons. The molecule has 2 aliphatic carbocycles. The molecule has 11 aromatic rings.